The minimum absolute atomic E-state index is 0.0830. The highest BCUT2D eigenvalue weighted by Crippen LogP contribution is 2.54. The lowest BCUT2D eigenvalue weighted by atomic mass is 9.85. The van der Waals surface area contributed by atoms with E-state index in [0.717, 1.165) is 11.0 Å². The van der Waals surface area contributed by atoms with Crippen LogP contribution in [-0.2, 0) is 17.0 Å². The number of hydroxylamine groups is 2. The topological polar surface area (TPSA) is 70.2 Å². The third-order valence-corrected chi connectivity index (χ3v) is 7.18. The molecule has 38 heavy (non-hydrogen) atoms. The molecule has 0 bridgehead atoms. The first-order valence-corrected chi connectivity index (χ1v) is 12.5. The third-order valence-electron chi connectivity index (χ3n) is 6.74. The van der Waals surface area contributed by atoms with E-state index >= 15 is 0 Å². The molecule has 4 aromatic rings. The number of aromatic nitrogens is 2. The Kier molecular flexibility index (Phi) is 6.89. The molecule has 0 saturated carbocycles. The van der Waals surface area contributed by atoms with Crippen LogP contribution >= 0.6 is 23.2 Å². The van der Waals surface area contributed by atoms with Gasteiger partial charge in [-0.25, -0.2) is 4.98 Å². The second kappa shape index (κ2) is 9.89. The summed E-state index contributed by atoms with van der Waals surface area (Å²) in [5.74, 6) is 0.298. The molecule has 2 N–H and O–H groups in total. The van der Waals surface area contributed by atoms with Crippen molar-refractivity contribution in [3.8, 4) is 0 Å². The number of halogens is 5. The number of benzene rings is 3. The lowest BCUT2D eigenvalue weighted by Gasteiger charge is -2.31. The number of para-hydroxylation sites is 2. The van der Waals surface area contributed by atoms with E-state index in [1.165, 1.54) is 30.3 Å². The van der Waals surface area contributed by atoms with Crippen molar-refractivity contribution in [2.75, 3.05) is 7.05 Å². The van der Waals surface area contributed by atoms with E-state index in [1.54, 1.807) is 25.1 Å². The molecule has 1 aromatic heterocycles. The summed E-state index contributed by atoms with van der Waals surface area (Å²) in [7, 11) is 1.45. The molecule has 1 amide bonds. The minimum Gasteiger partial charge on any atom is -0.345 e. The molecule has 2 atom stereocenters. The number of carbonyl (C=O) groups is 1. The summed E-state index contributed by atoms with van der Waals surface area (Å²) >= 11 is 12.0. The van der Waals surface area contributed by atoms with E-state index in [2.05, 4.69) is 15.3 Å². The smallest absolute Gasteiger partial charge is 0.345 e. The van der Waals surface area contributed by atoms with Gasteiger partial charge < -0.3 is 10.3 Å². The average molecular weight is 563 g/mol. The molecule has 5 rings (SSSR count). The monoisotopic (exact) mass is 562 g/mol. The second-order valence-corrected chi connectivity index (χ2v) is 10.2. The van der Waals surface area contributed by atoms with Gasteiger partial charge in [0.05, 0.1) is 23.6 Å². The second-order valence-electron chi connectivity index (χ2n) is 9.30. The van der Waals surface area contributed by atoms with Crippen LogP contribution in [0.4, 0.5) is 13.2 Å². The lowest BCUT2D eigenvalue weighted by Crippen LogP contribution is -2.42. The SMILES string of the molecule is Cc1cc(C2CC(c3cc(Cl)cc(Cl)c3)(C(F)(F)F)ON2C)ccc1C(=O)NCc1nc2ccccc2[nH]1. The van der Waals surface area contributed by atoms with Crippen molar-refractivity contribution in [1.29, 1.82) is 0 Å². The van der Waals surface area contributed by atoms with E-state index < -0.39 is 24.2 Å². The Hall–Kier alpha value is -3.11. The Labute approximate surface area is 226 Å². The van der Waals surface area contributed by atoms with Crippen LogP contribution in [0.5, 0.6) is 0 Å². The lowest BCUT2D eigenvalue weighted by molar-refractivity contribution is -0.322. The summed E-state index contributed by atoms with van der Waals surface area (Å²) in [5, 5.41) is 4.20. The largest absolute Gasteiger partial charge is 0.423 e. The van der Waals surface area contributed by atoms with Crippen LogP contribution in [0, 0.1) is 6.92 Å². The number of imidazole rings is 1. The van der Waals surface area contributed by atoms with Crippen molar-refractivity contribution < 1.29 is 22.8 Å². The Morgan fingerprint density at radius 3 is 2.53 bits per heavy atom. The number of hydrogen-bond donors (Lipinski definition) is 2. The fourth-order valence-corrected chi connectivity index (χ4v) is 5.39. The summed E-state index contributed by atoms with van der Waals surface area (Å²) < 4.78 is 43.4. The van der Waals surface area contributed by atoms with Gasteiger partial charge in [-0.05, 0) is 60.0 Å². The number of H-pyrrole nitrogens is 1. The van der Waals surface area contributed by atoms with Crippen molar-refractivity contribution in [3.63, 3.8) is 0 Å². The van der Waals surface area contributed by atoms with Crippen LogP contribution in [0.15, 0.2) is 60.7 Å². The fraction of sp³-hybridized carbons (Fsp3) is 0.259. The molecule has 2 unspecified atom stereocenters. The van der Waals surface area contributed by atoms with Crippen molar-refractivity contribution in [2.24, 2.45) is 0 Å². The van der Waals surface area contributed by atoms with Crippen LogP contribution in [0.25, 0.3) is 11.0 Å². The highest BCUT2D eigenvalue weighted by Gasteiger charge is 2.63. The van der Waals surface area contributed by atoms with E-state index in [9.17, 15) is 18.0 Å². The number of nitrogens with one attached hydrogen (secondary N) is 2. The molecular weight excluding hydrogens is 540 g/mol. The first-order valence-electron chi connectivity index (χ1n) is 11.7. The normalized spacial score (nSPS) is 20.2. The standard InChI is InChI=1S/C27H23Cl2F3N4O2/c1-15-9-16(7-8-20(15)25(37)33-14-24-34-21-5-3-4-6-22(21)35-24)23-13-26(27(30,31)32,38-36(23)2)17-10-18(28)12-19(29)11-17/h3-12,23H,13-14H2,1-2H3,(H,33,37)(H,34,35). The van der Waals surface area contributed by atoms with Crippen LogP contribution in [0.1, 0.15) is 45.3 Å². The molecular formula is C27H23Cl2F3N4O2. The highest BCUT2D eigenvalue weighted by molar-refractivity contribution is 6.34. The first kappa shape index (κ1) is 26.5. The summed E-state index contributed by atoms with van der Waals surface area (Å²) in [6.07, 6.45) is -5.16. The van der Waals surface area contributed by atoms with Gasteiger partial charge in [-0.1, -0.05) is 47.5 Å². The summed E-state index contributed by atoms with van der Waals surface area (Å²) in [6, 6.07) is 15.6. The van der Waals surface area contributed by atoms with Crippen molar-refractivity contribution in [3.05, 3.63) is 98.8 Å². The summed E-state index contributed by atoms with van der Waals surface area (Å²) in [6.45, 7) is 1.94. The van der Waals surface area contributed by atoms with E-state index in [1.807, 2.05) is 24.3 Å². The molecule has 6 nitrogen and oxygen atoms in total. The molecule has 0 radical (unpaired) electrons. The van der Waals surface area contributed by atoms with Gasteiger partial charge in [0, 0.05) is 29.1 Å². The van der Waals surface area contributed by atoms with Gasteiger partial charge in [0.15, 0.2) is 0 Å². The quantitative estimate of drug-likeness (QED) is 0.278. The average Bonchev–Trinajstić information content (AvgIpc) is 3.43. The van der Waals surface area contributed by atoms with E-state index in [-0.39, 0.29) is 28.1 Å². The number of amides is 1. The number of alkyl halides is 3. The maximum atomic E-state index is 14.5. The van der Waals surface area contributed by atoms with Gasteiger partial charge in [-0.15, -0.1) is 0 Å². The van der Waals surface area contributed by atoms with Crippen LogP contribution in [0.3, 0.4) is 0 Å². The van der Waals surface area contributed by atoms with Crippen molar-refractivity contribution >= 4 is 40.1 Å². The Balaban J connectivity index is 1.36. The predicted octanol–water partition coefficient (Wildman–Crippen LogP) is 6.87. The van der Waals surface area contributed by atoms with E-state index in [0.29, 0.717) is 22.5 Å². The minimum atomic E-state index is -4.74. The number of aromatic amines is 1. The van der Waals surface area contributed by atoms with Gasteiger partial charge in [0.1, 0.15) is 5.82 Å². The van der Waals surface area contributed by atoms with Gasteiger partial charge in [-0.2, -0.15) is 18.2 Å². The van der Waals surface area contributed by atoms with Gasteiger partial charge in [0.25, 0.3) is 5.91 Å². The predicted molar refractivity (Wildman–Crippen MR) is 139 cm³/mol. The molecule has 0 aliphatic carbocycles. The molecule has 0 spiro atoms. The molecule has 3 aromatic carbocycles. The van der Waals surface area contributed by atoms with Crippen LogP contribution in [-0.4, -0.2) is 34.2 Å². The molecule has 1 fully saturated rings. The number of nitrogens with zero attached hydrogens (tertiary/aromatic N) is 2. The third kappa shape index (κ3) is 4.87. The van der Waals surface area contributed by atoms with E-state index in [4.69, 9.17) is 28.0 Å². The Bertz CT molecular complexity index is 1470. The Morgan fingerprint density at radius 2 is 1.87 bits per heavy atom. The summed E-state index contributed by atoms with van der Waals surface area (Å²) in [5.41, 5.74) is 0.485. The van der Waals surface area contributed by atoms with Crippen LogP contribution < -0.4 is 5.32 Å². The number of aryl methyl sites for hydroxylation is 1. The first-order chi connectivity index (χ1) is 18.0. The van der Waals surface area contributed by atoms with Gasteiger partial charge in [-0.3, -0.25) is 9.63 Å². The summed E-state index contributed by atoms with van der Waals surface area (Å²) in [4.78, 5) is 26.0. The zero-order chi connectivity index (χ0) is 27.2. The maximum absolute atomic E-state index is 14.5. The fourth-order valence-electron chi connectivity index (χ4n) is 4.86. The molecule has 2 heterocycles. The number of rotatable bonds is 5. The van der Waals surface area contributed by atoms with Gasteiger partial charge in [0.2, 0.25) is 5.60 Å². The molecule has 1 aliphatic heterocycles. The van der Waals surface area contributed by atoms with Crippen LogP contribution in [0.2, 0.25) is 10.0 Å². The zero-order valence-electron chi connectivity index (χ0n) is 20.4. The zero-order valence-corrected chi connectivity index (χ0v) is 21.9. The Morgan fingerprint density at radius 1 is 1.16 bits per heavy atom. The molecule has 11 heteroatoms. The number of fused-ring (bicyclic) bond motifs is 1. The number of carbonyl (C=O) groups excluding carboxylic acids is 1. The highest BCUT2D eigenvalue weighted by atomic mass is 35.5. The molecule has 198 valence electrons. The molecule has 1 aliphatic rings. The maximum Gasteiger partial charge on any atom is 0.423 e. The molecule has 1 saturated heterocycles. The van der Waals surface area contributed by atoms with Crippen molar-refractivity contribution in [2.45, 2.75) is 37.7 Å². The van der Waals surface area contributed by atoms with Crippen molar-refractivity contribution in [1.82, 2.24) is 20.3 Å². The number of hydrogen-bond acceptors (Lipinski definition) is 4. The van der Waals surface area contributed by atoms with Gasteiger partial charge >= 0.3 is 6.18 Å².